The van der Waals surface area contributed by atoms with Crippen LogP contribution in [0.15, 0.2) is 42.5 Å². The SMILES string of the molecule is CCOc1ccccc1OCC(=O)Nc1cc(OC)ccc1OC. The molecule has 24 heavy (non-hydrogen) atoms. The number of nitrogens with one attached hydrogen (secondary N) is 1. The number of rotatable bonds is 8. The Balaban J connectivity index is 2.01. The van der Waals surface area contributed by atoms with Crippen molar-refractivity contribution in [3.05, 3.63) is 42.5 Å². The quantitative estimate of drug-likeness (QED) is 0.805. The molecule has 0 saturated heterocycles. The van der Waals surface area contributed by atoms with Crippen molar-refractivity contribution in [1.82, 2.24) is 0 Å². The highest BCUT2D eigenvalue weighted by molar-refractivity contribution is 5.93. The van der Waals surface area contributed by atoms with Crippen LogP contribution in [0.1, 0.15) is 6.92 Å². The molecule has 1 N–H and O–H groups in total. The van der Waals surface area contributed by atoms with Gasteiger partial charge in [0, 0.05) is 6.07 Å². The molecule has 0 aliphatic heterocycles. The van der Waals surface area contributed by atoms with E-state index in [1.807, 2.05) is 19.1 Å². The van der Waals surface area contributed by atoms with Gasteiger partial charge in [-0.05, 0) is 31.2 Å². The van der Waals surface area contributed by atoms with Gasteiger partial charge in [0.05, 0.1) is 26.5 Å². The highest BCUT2D eigenvalue weighted by Gasteiger charge is 2.11. The lowest BCUT2D eigenvalue weighted by molar-refractivity contribution is -0.118. The molecule has 1 amide bonds. The normalized spacial score (nSPS) is 9.96. The van der Waals surface area contributed by atoms with Crippen molar-refractivity contribution in [2.24, 2.45) is 0 Å². The van der Waals surface area contributed by atoms with Crippen molar-refractivity contribution in [3.8, 4) is 23.0 Å². The van der Waals surface area contributed by atoms with E-state index in [1.165, 1.54) is 7.11 Å². The number of methoxy groups -OCH3 is 2. The Labute approximate surface area is 141 Å². The van der Waals surface area contributed by atoms with E-state index < -0.39 is 0 Å². The van der Waals surface area contributed by atoms with Crippen LogP contribution in [0.4, 0.5) is 5.69 Å². The van der Waals surface area contributed by atoms with Crippen LogP contribution in [-0.4, -0.2) is 33.3 Å². The van der Waals surface area contributed by atoms with Gasteiger partial charge < -0.3 is 24.3 Å². The van der Waals surface area contributed by atoms with E-state index in [2.05, 4.69) is 5.32 Å². The molecule has 0 spiro atoms. The monoisotopic (exact) mass is 331 g/mol. The smallest absolute Gasteiger partial charge is 0.262 e. The van der Waals surface area contributed by atoms with Gasteiger partial charge in [0.2, 0.25) is 0 Å². The lowest BCUT2D eigenvalue weighted by Gasteiger charge is -2.13. The summed E-state index contributed by atoms with van der Waals surface area (Å²) in [4.78, 5) is 12.1. The largest absolute Gasteiger partial charge is 0.497 e. The topological polar surface area (TPSA) is 66.0 Å². The number of carbonyl (C=O) groups is 1. The summed E-state index contributed by atoms with van der Waals surface area (Å²) in [6, 6.07) is 12.4. The predicted molar refractivity (Wildman–Crippen MR) is 91.3 cm³/mol. The van der Waals surface area contributed by atoms with Crippen LogP contribution in [0.25, 0.3) is 0 Å². The Morgan fingerprint density at radius 1 is 0.958 bits per heavy atom. The Morgan fingerprint density at radius 3 is 2.29 bits per heavy atom. The van der Waals surface area contributed by atoms with Gasteiger partial charge in [-0.2, -0.15) is 0 Å². The minimum absolute atomic E-state index is 0.148. The predicted octanol–water partition coefficient (Wildman–Crippen LogP) is 3.12. The van der Waals surface area contributed by atoms with Gasteiger partial charge in [-0.25, -0.2) is 0 Å². The molecule has 0 aliphatic carbocycles. The number of carbonyl (C=O) groups excluding carboxylic acids is 1. The summed E-state index contributed by atoms with van der Waals surface area (Å²) in [5.41, 5.74) is 0.517. The number of amides is 1. The van der Waals surface area contributed by atoms with Gasteiger partial charge in [-0.1, -0.05) is 12.1 Å². The van der Waals surface area contributed by atoms with Gasteiger partial charge in [0.25, 0.3) is 5.91 Å². The Morgan fingerprint density at radius 2 is 1.67 bits per heavy atom. The average Bonchev–Trinajstić information content (AvgIpc) is 2.61. The lowest BCUT2D eigenvalue weighted by Crippen LogP contribution is -2.20. The van der Waals surface area contributed by atoms with Crippen molar-refractivity contribution < 1.29 is 23.7 Å². The number of hydrogen-bond acceptors (Lipinski definition) is 5. The van der Waals surface area contributed by atoms with E-state index in [0.29, 0.717) is 35.3 Å². The van der Waals surface area contributed by atoms with Crippen LogP contribution in [0.3, 0.4) is 0 Å². The zero-order valence-corrected chi connectivity index (χ0v) is 14.0. The lowest BCUT2D eigenvalue weighted by atomic mass is 10.2. The maximum atomic E-state index is 12.1. The first-order valence-corrected chi connectivity index (χ1v) is 7.54. The third-order valence-electron chi connectivity index (χ3n) is 3.19. The average molecular weight is 331 g/mol. The fourth-order valence-corrected chi connectivity index (χ4v) is 2.09. The number of ether oxygens (including phenoxy) is 4. The molecule has 0 radical (unpaired) electrons. The molecule has 2 aromatic carbocycles. The molecule has 0 aromatic heterocycles. The second-order valence-electron chi connectivity index (χ2n) is 4.78. The zero-order chi connectivity index (χ0) is 17.4. The summed E-state index contributed by atoms with van der Waals surface area (Å²) in [5, 5.41) is 2.75. The molecular weight excluding hydrogens is 310 g/mol. The van der Waals surface area contributed by atoms with Crippen molar-refractivity contribution in [2.75, 3.05) is 32.8 Å². The molecule has 0 unspecified atom stereocenters. The molecular formula is C18H21NO5. The summed E-state index contributed by atoms with van der Waals surface area (Å²) in [6.07, 6.45) is 0. The highest BCUT2D eigenvalue weighted by Crippen LogP contribution is 2.29. The molecule has 128 valence electrons. The maximum Gasteiger partial charge on any atom is 0.262 e. The van der Waals surface area contributed by atoms with Gasteiger partial charge in [-0.3, -0.25) is 4.79 Å². The maximum absolute atomic E-state index is 12.1. The summed E-state index contributed by atoms with van der Waals surface area (Å²) >= 11 is 0. The zero-order valence-electron chi connectivity index (χ0n) is 14.0. The third-order valence-corrected chi connectivity index (χ3v) is 3.19. The van der Waals surface area contributed by atoms with Gasteiger partial charge in [0.15, 0.2) is 18.1 Å². The number of anilines is 1. The standard InChI is InChI=1S/C18H21NO5/c1-4-23-16-7-5-6-8-17(16)24-12-18(20)19-14-11-13(21-2)9-10-15(14)22-3/h5-11H,4,12H2,1-3H3,(H,19,20). The van der Waals surface area contributed by atoms with Crippen molar-refractivity contribution in [1.29, 1.82) is 0 Å². The fourth-order valence-electron chi connectivity index (χ4n) is 2.09. The van der Waals surface area contributed by atoms with Crippen LogP contribution in [0.5, 0.6) is 23.0 Å². The van der Waals surface area contributed by atoms with E-state index in [0.717, 1.165) is 0 Å². The molecule has 0 saturated carbocycles. The van der Waals surface area contributed by atoms with Crippen molar-refractivity contribution >= 4 is 11.6 Å². The first kappa shape index (κ1) is 17.5. The second-order valence-corrected chi connectivity index (χ2v) is 4.78. The minimum Gasteiger partial charge on any atom is -0.497 e. The van der Waals surface area contributed by atoms with E-state index in [4.69, 9.17) is 18.9 Å². The van der Waals surface area contributed by atoms with Crippen molar-refractivity contribution in [2.45, 2.75) is 6.92 Å². The molecule has 0 aliphatic rings. The summed E-state index contributed by atoms with van der Waals surface area (Å²) in [6.45, 7) is 2.26. The Kier molecular flexibility index (Phi) is 6.31. The second kappa shape index (κ2) is 8.67. The molecule has 0 bridgehead atoms. The molecule has 0 atom stereocenters. The molecule has 6 nitrogen and oxygen atoms in total. The molecule has 6 heteroatoms. The Hall–Kier alpha value is -2.89. The third kappa shape index (κ3) is 4.55. The van der Waals surface area contributed by atoms with Gasteiger partial charge in [0.1, 0.15) is 11.5 Å². The number of hydrogen-bond donors (Lipinski definition) is 1. The molecule has 0 fully saturated rings. The number of benzene rings is 2. The summed E-state index contributed by atoms with van der Waals surface area (Å²) in [5.74, 6) is 1.97. The molecule has 2 aromatic rings. The van der Waals surface area contributed by atoms with Crippen LogP contribution in [0, 0.1) is 0 Å². The van der Waals surface area contributed by atoms with Gasteiger partial charge >= 0.3 is 0 Å². The highest BCUT2D eigenvalue weighted by atomic mass is 16.5. The fraction of sp³-hybridized carbons (Fsp3) is 0.278. The van der Waals surface area contributed by atoms with Crippen LogP contribution >= 0.6 is 0 Å². The van der Waals surface area contributed by atoms with E-state index in [9.17, 15) is 4.79 Å². The molecule has 0 heterocycles. The molecule has 2 rings (SSSR count). The van der Waals surface area contributed by atoms with E-state index in [1.54, 1.807) is 37.4 Å². The summed E-state index contributed by atoms with van der Waals surface area (Å²) in [7, 11) is 3.09. The van der Waals surface area contributed by atoms with Crippen LogP contribution in [-0.2, 0) is 4.79 Å². The Bertz CT molecular complexity index is 687. The first-order valence-electron chi connectivity index (χ1n) is 7.54. The van der Waals surface area contributed by atoms with Crippen LogP contribution < -0.4 is 24.3 Å². The van der Waals surface area contributed by atoms with Crippen LogP contribution in [0.2, 0.25) is 0 Å². The van der Waals surface area contributed by atoms with E-state index in [-0.39, 0.29) is 12.5 Å². The minimum atomic E-state index is -0.312. The first-order chi connectivity index (χ1) is 11.7. The summed E-state index contributed by atoms with van der Waals surface area (Å²) < 4.78 is 21.4. The van der Waals surface area contributed by atoms with E-state index >= 15 is 0 Å². The number of para-hydroxylation sites is 2. The van der Waals surface area contributed by atoms with Gasteiger partial charge in [-0.15, -0.1) is 0 Å². The van der Waals surface area contributed by atoms with Crippen molar-refractivity contribution in [3.63, 3.8) is 0 Å².